The first kappa shape index (κ1) is 15.8. The molecule has 3 aliphatic heterocycles. The second-order valence-electron chi connectivity index (χ2n) is 7.57. The summed E-state index contributed by atoms with van der Waals surface area (Å²) >= 11 is 0. The Morgan fingerprint density at radius 3 is 2.62 bits per heavy atom. The number of hydrogen-bond donors (Lipinski definition) is 1. The van der Waals surface area contributed by atoms with Gasteiger partial charge in [0.1, 0.15) is 5.82 Å². The van der Waals surface area contributed by atoms with Gasteiger partial charge in [-0.15, -0.1) is 0 Å². The number of carbonyl (C=O) groups excluding carboxylic acids is 1. The molecular formula is C20H25FN2O. The largest absolute Gasteiger partial charge is 0.360 e. The highest BCUT2D eigenvalue weighted by Gasteiger charge is 2.39. The molecule has 3 nitrogen and oxygen atoms in total. The molecule has 1 aromatic heterocycles. The van der Waals surface area contributed by atoms with Crippen LogP contribution in [0.25, 0.3) is 10.9 Å². The van der Waals surface area contributed by atoms with Crippen LogP contribution in [0.2, 0.25) is 0 Å². The Bertz CT molecular complexity index is 758. The molecule has 0 saturated carbocycles. The van der Waals surface area contributed by atoms with Crippen molar-refractivity contribution in [3.8, 4) is 0 Å². The molecule has 0 atom stereocenters. The van der Waals surface area contributed by atoms with Crippen LogP contribution < -0.4 is 0 Å². The minimum Gasteiger partial charge on any atom is -0.360 e. The lowest BCUT2D eigenvalue weighted by Gasteiger charge is -2.48. The summed E-state index contributed by atoms with van der Waals surface area (Å²) in [4.78, 5) is 18.3. The lowest BCUT2D eigenvalue weighted by atomic mass is 9.69. The number of ketones is 1. The van der Waals surface area contributed by atoms with Crippen molar-refractivity contribution in [2.75, 3.05) is 19.6 Å². The third kappa shape index (κ3) is 2.67. The number of rotatable bonds is 5. The topological polar surface area (TPSA) is 36.1 Å². The van der Waals surface area contributed by atoms with Crippen molar-refractivity contribution in [2.45, 2.75) is 45.4 Å². The monoisotopic (exact) mass is 328 g/mol. The molecule has 4 heteroatoms. The smallest absolute Gasteiger partial charge is 0.165 e. The molecule has 24 heavy (non-hydrogen) atoms. The molecule has 0 radical (unpaired) electrons. The summed E-state index contributed by atoms with van der Waals surface area (Å²) in [6.45, 7) is 5.53. The number of fused-ring (bicyclic) bond motifs is 4. The number of nitrogens with zero attached hydrogens (tertiary/aromatic N) is 1. The van der Waals surface area contributed by atoms with Gasteiger partial charge in [-0.1, -0.05) is 6.92 Å². The van der Waals surface area contributed by atoms with E-state index in [1.165, 1.54) is 38.9 Å². The molecule has 3 aliphatic rings. The van der Waals surface area contributed by atoms with E-state index in [0.29, 0.717) is 22.8 Å². The Hall–Kier alpha value is -1.68. The van der Waals surface area contributed by atoms with E-state index >= 15 is 0 Å². The Morgan fingerprint density at radius 2 is 1.96 bits per heavy atom. The van der Waals surface area contributed by atoms with E-state index in [2.05, 4.69) is 9.88 Å². The van der Waals surface area contributed by atoms with E-state index < -0.39 is 0 Å². The van der Waals surface area contributed by atoms with Gasteiger partial charge in [-0.05, 0) is 74.8 Å². The molecule has 1 aromatic carbocycles. The molecule has 0 unspecified atom stereocenters. The summed E-state index contributed by atoms with van der Waals surface area (Å²) in [5.41, 5.74) is 2.56. The number of H-pyrrole nitrogens is 1. The summed E-state index contributed by atoms with van der Waals surface area (Å²) in [6, 6.07) is 3.51. The first-order valence-electron chi connectivity index (χ1n) is 9.15. The van der Waals surface area contributed by atoms with Crippen LogP contribution in [0.15, 0.2) is 18.3 Å². The van der Waals surface area contributed by atoms with Crippen molar-refractivity contribution in [1.82, 2.24) is 9.88 Å². The van der Waals surface area contributed by atoms with Crippen molar-refractivity contribution in [2.24, 2.45) is 5.41 Å². The SMILES string of the molecule is CCc1cc(F)c2c(C(=O)CCC34CCN(CC3)CC4)c[nH]c2c1. The average molecular weight is 328 g/mol. The van der Waals surface area contributed by atoms with Gasteiger partial charge in [0, 0.05) is 29.1 Å². The van der Waals surface area contributed by atoms with E-state index in [4.69, 9.17) is 0 Å². The fourth-order valence-corrected chi connectivity index (χ4v) is 4.48. The van der Waals surface area contributed by atoms with Crippen LogP contribution in [0.4, 0.5) is 4.39 Å². The number of benzene rings is 1. The number of carbonyl (C=O) groups is 1. The van der Waals surface area contributed by atoms with Crippen LogP contribution in [0.5, 0.6) is 0 Å². The maximum Gasteiger partial charge on any atom is 0.165 e. The molecule has 0 amide bonds. The first-order chi connectivity index (χ1) is 11.6. The zero-order chi connectivity index (χ0) is 16.7. The standard InChI is InChI=1S/C20H25FN2O/c1-2-14-11-16(21)19-15(13-22-17(19)12-14)18(24)3-4-20-5-8-23(9-6-20)10-7-20/h11-13,22H,2-10H2,1H3. The van der Waals surface area contributed by atoms with Crippen molar-refractivity contribution >= 4 is 16.7 Å². The molecule has 0 aliphatic carbocycles. The Kier molecular flexibility index (Phi) is 3.95. The van der Waals surface area contributed by atoms with Crippen LogP contribution >= 0.6 is 0 Å². The van der Waals surface area contributed by atoms with Crippen molar-refractivity contribution in [3.63, 3.8) is 0 Å². The molecule has 4 heterocycles. The molecule has 3 fully saturated rings. The van der Waals surface area contributed by atoms with Crippen molar-refractivity contribution < 1.29 is 9.18 Å². The third-order valence-corrected chi connectivity index (χ3v) is 6.26. The maximum atomic E-state index is 14.5. The molecule has 2 aromatic rings. The summed E-state index contributed by atoms with van der Waals surface area (Å²) in [5.74, 6) is -0.204. The Morgan fingerprint density at radius 1 is 1.25 bits per heavy atom. The van der Waals surface area contributed by atoms with E-state index in [0.717, 1.165) is 23.9 Å². The van der Waals surface area contributed by atoms with Gasteiger partial charge in [0.05, 0.1) is 0 Å². The lowest BCUT2D eigenvalue weighted by Crippen LogP contribution is -2.48. The molecular weight excluding hydrogens is 303 g/mol. The van der Waals surface area contributed by atoms with Gasteiger partial charge in [0.15, 0.2) is 5.78 Å². The van der Waals surface area contributed by atoms with Gasteiger partial charge in [0.2, 0.25) is 0 Å². The van der Waals surface area contributed by atoms with Crippen molar-refractivity contribution in [1.29, 1.82) is 0 Å². The summed E-state index contributed by atoms with van der Waals surface area (Å²) < 4.78 is 14.5. The Labute approximate surface area is 142 Å². The number of hydrogen-bond acceptors (Lipinski definition) is 2. The normalized spacial score (nSPS) is 26.2. The van der Waals surface area contributed by atoms with Crippen LogP contribution in [0.3, 0.4) is 0 Å². The van der Waals surface area contributed by atoms with Gasteiger partial charge in [0.25, 0.3) is 0 Å². The summed E-state index contributed by atoms with van der Waals surface area (Å²) in [6.07, 6.45) is 7.58. The summed E-state index contributed by atoms with van der Waals surface area (Å²) in [5, 5.41) is 0.466. The van der Waals surface area contributed by atoms with E-state index in [9.17, 15) is 9.18 Å². The Balaban J connectivity index is 1.53. The van der Waals surface area contributed by atoms with Gasteiger partial charge >= 0.3 is 0 Å². The molecule has 1 N–H and O–H groups in total. The number of piperidine rings is 3. The minimum atomic E-state index is -0.280. The molecule has 0 spiro atoms. The zero-order valence-corrected chi connectivity index (χ0v) is 14.3. The molecule has 3 saturated heterocycles. The quantitative estimate of drug-likeness (QED) is 0.830. The van der Waals surface area contributed by atoms with Crippen LogP contribution in [0.1, 0.15) is 54.9 Å². The third-order valence-electron chi connectivity index (χ3n) is 6.26. The highest BCUT2D eigenvalue weighted by Crippen LogP contribution is 2.44. The van der Waals surface area contributed by atoms with Gasteiger partial charge < -0.3 is 9.88 Å². The fourth-order valence-electron chi connectivity index (χ4n) is 4.48. The first-order valence-corrected chi connectivity index (χ1v) is 9.15. The number of aromatic amines is 1. The van der Waals surface area contributed by atoms with E-state index in [1.807, 2.05) is 13.0 Å². The maximum absolute atomic E-state index is 14.5. The van der Waals surface area contributed by atoms with Crippen LogP contribution in [0, 0.1) is 11.2 Å². The fraction of sp³-hybridized carbons (Fsp3) is 0.550. The highest BCUT2D eigenvalue weighted by molar-refractivity contribution is 6.08. The van der Waals surface area contributed by atoms with E-state index in [-0.39, 0.29) is 11.6 Å². The van der Waals surface area contributed by atoms with E-state index in [1.54, 1.807) is 12.3 Å². The predicted octanol–water partition coefficient (Wildman–Crippen LogP) is 4.32. The predicted molar refractivity (Wildman–Crippen MR) is 93.9 cm³/mol. The second kappa shape index (κ2) is 5.99. The molecule has 5 rings (SSSR count). The number of aryl methyl sites for hydroxylation is 1. The number of aromatic nitrogens is 1. The zero-order valence-electron chi connectivity index (χ0n) is 14.3. The highest BCUT2D eigenvalue weighted by atomic mass is 19.1. The van der Waals surface area contributed by atoms with Crippen molar-refractivity contribution in [3.05, 3.63) is 35.3 Å². The molecule has 128 valence electrons. The number of nitrogens with one attached hydrogen (secondary N) is 1. The van der Waals surface area contributed by atoms with Crippen LogP contribution in [-0.4, -0.2) is 35.3 Å². The van der Waals surface area contributed by atoms with Gasteiger partial charge in [-0.3, -0.25) is 4.79 Å². The summed E-state index contributed by atoms with van der Waals surface area (Å²) in [7, 11) is 0. The number of halogens is 1. The second-order valence-corrected chi connectivity index (χ2v) is 7.57. The van der Waals surface area contributed by atoms with Gasteiger partial charge in [-0.2, -0.15) is 0 Å². The number of Topliss-reactive ketones (excluding diaryl/α,β-unsaturated/α-hetero) is 1. The molecule has 2 bridgehead atoms. The lowest BCUT2D eigenvalue weighted by molar-refractivity contribution is 0.0187. The van der Waals surface area contributed by atoms with Crippen LogP contribution in [-0.2, 0) is 6.42 Å². The average Bonchev–Trinajstić information content (AvgIpc) is 3.06. The van der Waals surface area contributed by atoms with Gasteiger partial charge in [-0.25, -0.2) is 4.39 Å². The minimum absolute atomic E-state index is 0.0757.